The van der Waals surface area contributed by atoms with Gasteiger partial charge in [-0.2, -0.15) is 0 Å². The van der Waals surface area contributed by atoms with Crippen molar-refractivity contribution in [3.63, 3.8) is 0 Å². The average molecular weight is 659 g/mol. The van der Waals surface area contributed by atoms with Crippen LogP contribution in [0.3, 0.4) is 0 Å². The van der Waals surface area contributed by atoms with Gasteiger partial charge in [-0.3, -0.25) is 9.59 Å². The van der Waals surface area contributed by atoms with Crippen LogP contribution in [0.25, 0.3) is 0 Å². The Hall–Kier alpha value is -0.360. The van der Waals surface area contributed by atoms with Crippen molar-refractivity contribution in [3.8, 4) is 0 Å². The van der Waals surface area contributed by atoms with Gasteiger partial charge < -0.3 is 9.47 Å². The summed E-state index contributed by atoms with van der Waals surface area (Å²) in [5, 5.41) is 0. The molecule has 0 aliphatic heterocycles. The van der Waals surface area contributed by atoms with Crippen molar-refractivity contribution in [1.29, 1.82) is 0 Å². The Kier molecular flexibility index (Phi) is 38.5. The third-order valence-electron chi connectivity index (χ3n) is 8.41. The fraction of sp³-hybridized carbons (Fsp3) is 0.947. The summed E-state index contributed by atoms with van der Waals surface area (Å²) in [6.45, 7) is 5.49. The van der Waals surface area contributed by atoms with Crippen LogP contribution in [-0.4, -0.2) is 36.7 Å². The second kappa shape index (κ2) is 38.8. The molecule has 0 spiro atoms. The lowest BCUT2D eigenvalue weighted by Crippen LogP contribution is -2.08. The third-order valence-corrected chi connectivity index (χ3v) is 10.7. The van der Waals surface area contributed by atoms with Crippen LogP contribution in [0.5, 0.6) is 0 Å². The van der Waals surface area contributed by atoms with Crippen molar-refractivity contribution in [2.24, 2.45) is 0 Å². The van der Waals surface area contributed by atoms with Gasteiger partial charge in [0.1, 0.15) is 13.2 Å². The number of rotatable bonds is 37. The average Bonchev–Trinajstić information content (AvgIpc) is 3.02. The van der Waals surface area contributed by atoms with Crippen LogP contribution in [-0.2, 0) is 19.1 Å². The minimum absolute atomic E-state index is 0.0630. The molecule has 0 fully saturated rings. The zero-order valence-electron chi connectivity index (χ0n) is 29.5. The maximum absolute atomic E-state index is 11.9. The largest absolute Gasteiger partial charge is 0.465 e. The number of carbonyl (C=O) groups is 2. The molecule has 0 bridgehead atoms. The molecule has 0 rings (SSSR count). The highest BCUT2D eigenvalue weighted by Gasteiger charge is 2.05. The van der Waals surface area contributed by atoms with Crippen LogP contribution < -0.4 is 0 Å². The molecule has 0 aliphatic carbocycles. The lowest BCUT2D eigenvalue weighted by atomic mass is 10.0. The fourth-order valence-corrected chi connectivity index (χ4v) is 7.22. The molecule has 0 N–H and O–H groups in total. The zero-order chi connectivity index (χ0) is 32.0. The Morgan fingerprint density at radius 2 is 0.591 bits per heavy atom. The van der Waals surface area contributed by atoms with E-state index in [1.165, 1.54) is 154 Å². The minimum Gasteiger partial charge on any atom is -0.465 e. The van der Waals surface area contributed by atoms with Crippen LogP contribution in [0.4, 0.5) is 0 Å². The van der Waals surface area contributed by atoms with Crippen molar-refractivity contribution >= 4 is 33.5 Å². The van der Waals surface area contributed by atoms with Gasteiger partial charge in [-0.05, 0) is 12.8 Å². The Morgan fingerprint density at radius 1 is 0.364 bits per heavy atom. The van der Waals surface area contributed by atoms with Crippen molar-refractivity contribution in [2.75, 3.05) is 24.7 Å². The first kappa shape index (κ1) is 43.6. The standard InChI is InChI=1S/C38H74O4S2/c1-3-5-7-9-11-13-15-17-19-21-23-25-27-29-31-37(39)41-33-35-43-44-36-34-42-38(40)32-30-28-26-24-22-20-18-16-14-12-10-8-6-4-2/h3-36H2,1-2H3. The van der Waals surface area contributed by atoms with Crippen LogP contribution in [0.15, 0.2) is 0 Å². The lowest BCUT2D eigenvalue weighted by molar-refractivity contribution is -0.144. The summed E-state index contributed by atoms with van der Waals surface area (Å²) in [5.41, 5.74) is 0. The van der Waals surface area contributed by atoms with Gasteiger partial charge in [0, 0.05) is 24.3 Å². The molecular formula is C38H74O4S2. The first-order valence-corrected chi connectivity index (χ1v) is 21.7. The van der Waals surface area contributed by atoms with Crippen LogP contribution >= 0.6 is 21.6 Å². The van der Waals surface area contributed by atoms with Gasteiger partial charge in [0.2, 0.25) is 0 Å². The first-order valence-electron chi connectivity index (χ1n) is 19.3. The summed E-state index contributed by atoms with van der Waals surface area (Å²) in [7, 11) is 3.36. The Balaban J connectivity index is 3.24. The molecule has 6 heteroatoms. The van der Waals surface area contributed by atoms with E-state index in [0.29, 0.717) is 26.1 Å². The Labute approximate surface area is 282 Å². The van der Waals surface area contributed by atoms with E-state index in [2.05, 4.69) is 13.8 Å². The van der Waals surface area contributed by atoms with Crippen molar-refractivity contribution in [2.45, 2.75) is 206 Å². The van der Waals surface area contributed by atoms with Gasteiger partial charge in [-0.1, -0.05) is 202 Å². The summed E-state index contributed by atoms with van der Waals surface area (Å²) >= 11 is 0. The van der Waals surface area contributed by atoms with Gasteiger partial charge in [-0.25, -0.2) is 0 Å². The summed E-state index contributed by atoms with van der Waals surface area (Å²) in [5.74, 6) is 1.43. The maximum atomic E-state index is 11.9. The molecule has 0 aromatic rings. The molecule has 0 unspecified atom stereocenters. The monoisotopic (exact) mass is 659 g/mol. The molecule has 262 valence electrons. The molecule has 0 heterocycles. The predicted molar refractivity (Wildman–Crippen MR) is 197 cm³/mol. The second-order valence-corrected chi connectivity index (χ2v) is 15.5. The van der Waals surface area contributed by atoms with Crippen molar-refractivity contribution in [1.82, 2.24) is 0 Å². The van der Waals surface area contributed by atoms with Gasteiger partial charge in [0.15, 0.2) is 0 Å². The fourth-order valence-electron chi connectivity index (χ4n) is 5.57. The van der Waals surface area contributed by atoms with E-state index in [1.54, 1.807) is 21.6 Å². The van der Waals surface area contributed by atoms with E-state index in [9.17, 15) is 9.59 Å². The van der Waals surface area contributed by atoms with Gasteiger partial charge in [-0.15, -0.1) is 0 Å². The van der Waals surface area contributed by atoms with E-state index >= 15 is 0 Å². The van der Waals surface area contributed by atoms with Gasteiger partial charge in [0.25, 0.3) is 0 Å². The zero-order valence-corrected chi connectivity index (χ0v) is 31.1. The number of hydrogen-bond donors (Lipinski definition) is 0. The molecule has 0 radical (unpaired) electrons. The third kappa shape index (κ3) is 37.8. The van der Waals surface area contributed by atoms with E-state index in [0.717, 1.165) is 37.2 Å². The molecule has 0 saturated heterocycles. The van der Waals surface area contributed by atoms with Gasteiger partial charge >= 0.3 is 11.9 Å². The smallest absolute Gasteiger partial charge is 0.305 e. The molecule has 0 saturated carbocycles. The molecule has 4 nitrogen and oxygen atoms in total. The Morgan fingerprint density at radius 3 is 0.841 bits per heavy atom. The van der Waals surface area contributed by atoms with E-state index in [4.69, 9.17) is 9.47 Å². The molecule has 0 aromatic heterocycles. The molecular weight excluding hydrogens is 585 g/mol. The van der Waals surface area contributed by atoms with Crippen LogP contribution in [0.2, 0.25) is 0 Å². The van der Waals surface area contributed by atoms with Gasteiger partial charge in [0.05, 0.1) is 0 Å². The first-order chi connectivity index (χ1) is 21.7. The number of ether oxygens (including phenoxy) is 2. The second-order valence-electron chi connectivity index (χ2n) is 12.8. The highest BCUT2D eigenvalue weighted by Crippen LogP contribution is 2.21. The summed E-state index contributed by atoms with van der Waals surface area (Å²) < 4.78 is 10.7. The summed E-state index contributed by atoms with van der Waals surface area (Å²) in [6, 6.07) is 0. The normalized spacial score (nSPS) is 11.2. The summed E-state index contributed by atoms with van der Waals surface area (Å²) in [4.78, 5) is 23.8. The highest BCUT2D eigenvalue weighted by atomic mass is 33.1. The Bertz CT molecular complexity index is 537. The van der Waals surface area contributed by atoms with Crippen molar-refractivity contribution in [3.05, 3.63) is 0 Å². The number of esters is 2. The predicted octanol–water partition coefficient (Wildman–Crippen LogP) is 13.2. The topological polar surface area (TPSA) is 52.6 Å². The lowest BCUT2D eigenvalue weighted by Gasteiger charge is -2.06. The van der Waals surface area contributed by atoms with Crippen LogP contribution in [0, 0.1) is 0 Å². The molecule has 44 heavy (non-hydrogen) atoms. The van der Waals surface area contributed by atoms with E-state index in [-0.39, 0.29) is 11.9 Å². The minimum atomic E-state index is -0.0630. The summed E-state index contributed by atoms with van der Waals surface area (Å²) in [6.07, 6.45) is 38.2. The molecule has 0 atom stereocenters. The highest BCUT2D eigenvalue weighted by molar-refractivity contribution is 8.76. The number of unbranched alkanes of at least 4 members (excludes halogenated alkanes) is 26. The van der Waals surface area contributed by atoms with Crippen LogP contribution in [0.1, 0.15) is 206 Å². The molecule has 0 aromatic carbocycles. The molecule has 0 amide bonds. The van der Waals surface area contributed by atoms with E-state index < -0.39 is 0 Å². The number of carbonyl (C=O) groups excluding carboxylic acids is 2. The number of hydrogen-bond acceptors (Lipinski definition) is 6. The van der Waals surface area contributed by atoms with E-state index in [1.807, 2.05) is 0 Å². The molecule has 0 aliphatic rings. The van der Waals surface area contributed by atoms with Crippen molar-refractivity contribution < 1.29 is 19.1 Å². The SMILES string of the molecule is CCCCCCCCCCCCCCCCC(=O)OCCSSCCOC(=O)CCCCCCCCCCCCCCCC. The quantitative estimate of drug-likeness (QED) is 0.0376. The maximum Gasteiger partial charge on any atom is 0.305 e.